The van der Waals surface area contributed by atoms with E-state index in [1.165, 1.54) is 125 Å². The molecule has 0 saturated carbocycles. The third-order valence-electron chi connectivity index (χ3n) is 9.72. The van der Waals surface area contributed by atoms with Gasteiger partial charge in [0.1, 0.15) is 10.0 Å². The Balaban J connectivity index is 1.43. The van der Waals surface area contributed by atoms with Crippen LogP contribution in [0.15, 0.2) is 56.4 Å². The minimum Gasteiger partial charge on any atom is -0.242 e. The molecule has 2 nitrogen and oxygen atoms in total. The molecule has 2 unspecified atom stereocenters. The summed E-state index contributed by atoms with van der Waals surface area (Å²) < 4.78 is 4.88. The number of halogens is 2. The van der Waals surface area contributed by atoms with Crippen LogP contribution in [0.25, 0.3) is 60.8 Å². The zero-order chi connectivity index (χ0) is 34.8. The first kappa shape index (κ1) is 37.1. The maximum atomic E-state index is 4.82. The van der Waals surface area contributed by atoms with E-state index in [1.807, 2.05) is 57.7 Å². The Morgan fingerprint density at radius 3 is 1.36 bits per heavy atom. The maximum absolute atomic E-state index is 4.82. The van der Waals surface area contributed by atoms with Crippen molar-refractivity contribution in [1.29, 1.82) is 0 Å². The van der Waals surface area contributed by atoms with E-state index in [-0.39, 0.29) is 0 Å². The van der Waals surface area contributed by atoms with Crippen molar-refractivity contribution in [3.8, 4) is 40.7 Å². The van der Waals surface area contributed by atoms with Crippen LogP contribution in [0.4, 0.5) is 0 Å². The van der Waals surface area contributed by atoms with Gasteiger partial charge in [0, 0.05) is 50.8 Å². The number of thiazole rings is 2. The summed E-state index contributed by atoms with van der Waals surface area (Å²) in [6.45, 7) is 9.33. The average molecular weight is 903 g/mol. The first-order valence-electron chi connectivity index (χ1n) is 17.8. The number of unbranched alkanes of at least 4 members (excludes halogenated alkanes) is 2. The summed E-state index contributed by atoms with van der Waals surface area (Å²) >= 11 is 18.6. The predicted octanol–water partition coefficient (Wildman–Crippen LogP) is 16.9. The van der Waals surface area contributed by atoms with E-state index in [0.29, 0.717) is 0 Å². The third-order valence-corrected chi connectivity index (χ3v) is 17.6. The highest BCUT2D eigenvalue weighted by atomic mass is 79.9. The molecule has 0 aliphatic heterocycles. The lowest BCUT2D eigenvalue weighted by Gasteiger charge is -2.13. The van der Waals surface area contributed by atoms with Gasteiger partial charge in [-0.1, -0.05) is 79.1 Å². The van der Waals surface area contributed by atoms with Crippen molar-refractivity contribution < 1.29 is 0 Å². The number of thiophene rings is 4. The average Bonchev–Trinajstić information content (AvgIpc) is 3.97. The van der Waals surface area contributed by atoms with E-state index < -0.39 is 0 Å². The smallest absolute Gasteiger partial charge is 0.134 e. The van der Waals surface area contributed by atoms with Crippen LogP contribution in [-0.2, 0) is 12.8 Å². The molecule has 0 radical (unpaired) electrons. The maximum Gasteiger partial charge on any atom is 0.134 e. The first-order chi connectivity index (χ1) is 24.4. The van der Waals surface area contributed by atoms with Crippen LogP contribution in [0.2, 0.25) is 0 Å². The van der Waals surface area contributed by atoms with Gasteiger partial charge in [0.25, 0.3) is 0 Å². The second kappa shape index (κ2) is 16.8. The lowest BCUT2D eigenvalue weighted by atomic mass is 9.95. The quantitative estimate of drug-likeness (QED) is 0.0966. The zero-order valence-electron chi connectivity index (χ0n) is 28.9. The largest absolute Gasteiger partial charge is 0.242 e. The molecule has 0 spiro atoms. The Morgan fingerprint density at radius 2 is 1.00 bits per heavy atom. The third kappa shape index (κ3) is 7.98. The predicted molar refractivity (Wildman–Crippen MR) is 235 cm³/mol. The summed E-state index contributed by atoms with van der Waals surface area (Å²) in [6, 6.07) is 14.5. The van der Waals surface area contributed by atoms with Crippen molar-refractivity contribution in [2.24, 2.45) is 11.8 Å². The number of fused-ring (bicyclic) bond motifs is 2. The Hall–Kier alpha value is -1.24. The van der Waals surface area contributed by atoms with Crippen LogP contribution in [-0.4, -0.2) is 9.97 Å². The van der Waals surface area contributed by atoms with Gasteiger partial charge in [0.2, 0.25) is 0 Å². The Kier molecular flexibility index (Phi) is 12.5. The molecular formula is C40H42Br2N2S6. The van der Waals surface area contributed by atoms with Crippen molar-refractivity contribution in [3.05, 3.63) is 66.1 Å². The fourth-order valence-corrected chi connectivity index (χ4v) is 14.4. The van der Waals surface area contributed by atoms with Crippen molar-refractivity contribution in [2.75, 3.05) is 0 Å². The van der Waals surface area contributed by atoms with Crippen LogP contribution in [0, 0.1) is 11.8 Å². The number of aromatic nitrogens is 2. The highest BCUT2D eigenvalue weighted by Crippen LogP contribution is 2.54. The van der Waals surface area contributed by atoms with Gasteiger partial charge in [-0.3, -0.25) is 0 Å². The summed E-state index contributed by atoms with van der Waals surface area (Å²) in [5.41, 5.74) is 2.76. The van der Waals surface area contributed by atoms with Crippen LogP contribution >= 0.6 is 99.9 Å². The van der Waals surface area contributed by atoms with Gasteiger partial charge in [0.05, 0.1) is 29.7 Å². The van der Waals surface area contributed by atoms with Crippen LogP contribution in [0.5, 0.6) is 0 Å². The highest BCUT2D eigenvalue weighted by Gasteiger charge is 2.25. The number of rotatable bonds is 16. The topological polar surface area (TPSA) is 25.8 Å². The molecule has 0 amide bonds. The number of nitrogens with zero attached hydrogens (tertiary/aromatic N) is 2. The van der Waals surface area contributed by atoms with Crippen LogP contribution in [0.3, 0.4) is 0 Å². The van der Waals surface area contributed by atoms with Crippen LogP contribution in [0.1, 0.15) is 88.8 Å². The monoisotopic (exact) mass is 900 g/mol. The van der Waals surface area contributed by atoms with E-state index in [1.54, 1.807) is 22.7 Å². The van der Waals surface area contributed by atoms with Gasteiger partial charge in [-0.25, -0.2) is 9.97 Å². The van der Waals surface area contributed by atoms with Crippen molar-refractivity contribution in [3.63, 3.8) is 0 Å². The van der Waals surface area contributed by atoms with Crippen molar-refractivity contribution in [1.82, 2.24) is 9.97 Å². The summed E-state index contributed by atoms with van der Waals surface area (Å²) in [7, 11) is 0. The molecule has 7 rings (SSSR count). The normalized spacial score (nSPS) is 13.2. The molecule has 10 heteroatoms. The first-order valence-corrected chi connectivity index (χ1v) is 24.3. The minimum absolute atomic E-state index is 0.749. The SMILES string of the molecule is CCCCC(CC)Cc1ccc(-c2c3cc(-c4ncc(Br)s4)sc3c(-c3ccc(CC(CC)CCCC)s3)c3cc(-c4ncc(Br)s4)sc23)s1. The molecule has 2 atom stereocenters. The molecule has 0 bridgehead atoms. The zero-order valence-corrected chi connectivity index (χ0v) is 37.0. The van der Waals surface area contributed by atoms with Gasteiger partial charge in [0.15, 0.2) is 0 Å². The van der Waals surface area contributed by atoms with Gasteiger partial charge in [-0.05, 0) is 92.9 Å². The summed E-state index contributed by atoms with van der Waals surface area (Å²) in [6.07, 6.45) is 16.5. The molecule has 0 aliphatic rings. The molecule has 0 saturated heterocycles. The van der Waals surface area contributed by atoms with E-state index in [4.69, 9.17) is 9.97 Å². The van der Waals surface area contributed by atoms with E-state index in [0.717, 1.165) is 29.4 Å². The molecule has 6 aromatic heterocycles. The van der Waals surface area contributed by atoms with E-state index >= 15 is 0 Å². The second-order valence-corrected chi connectivity index (χ2v) is 22.4. The second-order valence-electron chi connectivity index (χ2n) is 13.2. The lowest BCUT2D eigenvalue weighted by molar-refractivity contribution is 0.452. The molecule has 0 N–H and O–H groups in total. The Bertz CT molecular complexity index is 1990. The summed E-state index contributed by atoms with van der Waals surface area (Å²) in [4.78, 5) is 17.9. The van der Waals surface area contributed by atoms with Gasteiger partial charge in [-0.2, -0.15) is 0 Å². The highest BCUT2D eigenvalue weighted by molar-refractivity contribution is 9.11. The Morgan fingerprint density at radius 1 is 0.560 bits per heavy atom. The molecular weight excluding hydrogens is 861 g/mol. The molecule has 1 aromatic carbocycles. The number of hydrogen-bond donors (Lipinski definition) is 0. The standard InChI is InChI=1S/C40H42Br2N2S6/c1-5-9-11-23(7-3)17-25-13-15-29(45-25)35-27-19-31(39-43-21-33(41)49-39)48-38(27)36(28-20-32(47-37(28)35)40-44-22-34(42)50-40)30-16-14-26(46-30)18-24(8-4)12-10-6-2/h13-16,19-24H,5-12,17-18H2,1-4H3. The van der Waals surface area contributed by atoms with Crippen molar-refractivity contribution >= 4 is 120 Å². The van der Waals surface area contributed by atoms with Crippen molar-refractivity contribution in [2.45, 2.75) is 91.9 Å². The fraction of sp³-hybridized carbons (Fsp3) is 0.400. The molecule has 0 fully saturated rings. The molecule has 262 valence electrons. The Labute approximate surface area is 337 Å². The fourth-order valence-electron chi connectivity index (χ4n) is 6.91. The summed E-state index contributed by atoms with van der Waals surface area (Å²) in [5.74, 6) is 1.50. The van der Waals surface area contributed by atoms with Gasteiger partial charge < -0.3 is 0 Å². The molecule has 0 aliphatic carbocycles. The summed E-state index contributed by atoms with van der Waals surface area (Å²) in [5, 5.41) is 4.86. The minimum atomic E-state index is 0.749. The number of benzene rings is 1. The van der Waals surface area contributed by atoms with E-state index in [9.17, 15) is 0 Å². The van der Waals surface area contributed by atoms with Gasteiger partial charge >= 0.3 is 0 Å². The number of hydrogen-bond acceptors (Lipinski definition) is 8. The molecule has 6 heterocycles. The molecule has 7 aromatic rings. The lowest BCUT2D eigenvalue weighted by Crippen LogP contribution is -2.01. The molecule has 50 heavy (non-hydrogen) atoms. The van der Waals surface area contributed by atoms with E-state index in [2.05, 4.69) is 96.0 Å². The van der Waals surface area contributed by atoms with Crippen LogP contribution < -0.4 is 0 Å². The van der Waals surface area contributed by atoms with Gasteiger partial charge in [-0.15, -0.1) is 68.0 Å².